The molecule has 0 bridgehead atoms. The first-order chi connectivity index (χ1) is 12.2. The fraction of sp³-hybridized carbons (Fsp3) is 0.556. The fourth-order valence-corrected chi connectivity index (χ4v) is 3.03. The van der Waals surface area contributed by atoms with Gasteiger partial charge in [0.1, 0.15) is 0 Å². The van der Waals surface area contributed by atoms with E-state index in [-0.39, 0.29) is 18.5 Å². The lowest BCUT2D eigenvalue weighted by Gasteiger charge is -2.14. The average Bonchev–Trinajstić information content (AvgIpc) is 3.29. The number of ether oxygens (including phenoxy) is 1. The normalized spacial score (nSPS) is 16.4. The Bertz CT molecular complexity index is 631. The van der Waals surface area contributed by atoms with Gasteiger partial charge in [0.15, 0.2) is 0 Å². The van der Waals surface area contributed by atoms with E-state index in [1.165, 1.54) is 5.56 Å². The first-order valence-electron chi connectivity index (χ1n) is 8.82. The molecule has 25 heavy (non-hydrogen) atoms. The number of anilines is 1. The van der Waals surface area contributed by atoms with Gasteiger partial charge in [0, 0.05) is 45.1 Å². The minimum Gasteiger partial charge on any atom is -0.385 e. The summed E-state index contributed by atoms with van der Waals surface area (Å²) >= 11 is 0. The van der Waals surface area contributed by atoms with Crippen LogP contribution in [0.2, 0.25) is 0 Å². The van der Waals surface area contributed by atoms with E-state index in [9.17, 15) is 9.59 Å². The molecule has 3 rings (SSSR count). The van der Waals surface area contributed by atoms with Crippen molar-refractivity contribution in [1.29, 1.82) is 0 Å². The van der Waals surface area contributed by atoms with Gasteiger partial charge >= 0.3 is 6.03 Å². The SMILES string of the molecule is COCCCN1Cc2cccc(NC(=O)NCC(=O)NC3CC3)c2C1. The van der Waals surface area contributed by atoms with Crippen LogP contribution in [0.1, 0.15) is 30.4 Å². The first-order valence-corrected chi connectivity index (χ1v) is 8.82. The van der Waals surface area contributed by atoms with Crippen LogP contribution >= 0.6 is 0 Å². The number of rotatable bonds is 8. The summed E-state index contributed by atoms with van der Waals surface area (Å²) in [5.74, 6) is -0.139. The van der Waals surface area contributed by atoms with Crippen molar-refractivity contribution in [2.45, 2.75) is 38.4 Å². The highest BCUT2D eigenvalue weighted by Crippen LogP contribution is 2.29. The maximum absolute atomic E-state index is 12.1. The molecule has 0 saturated heterocycles. The molecule has 1 aromatic rings. The molecule has 1 saturated carbocycles. The molecule has 0 atom stereocenters. The van der Waals surface area contributed by atoms with Gasteiger partial charge in [-0.3, -0.25) is 9.69 Å². The Kier molecular flexibility index (Phi) is 5.88. The molecule has 1 aliphatic heterocycles. The van der Waals surface area contributed by atoms with Gasteiger partial charge in [-0.05, 0) is 36.5 Å². The summed E-state index contributed by atoms with van der Waals surface area (Å²) in [6.07, 6.45) is 3.06. The number of nitrogens with zero attached hydrogens (tertiary/aromatic N) is 1. The molecule has 1 aromatic carbocycles. The third-order valence-electron chi connectivity index (χ3n) is 4.47. The Morgan fingerprint density at radius 2 is 2.12 bits per heavy atom. The van der Waals surface area contributed by atoms with Crippen molar-refractivity contribution in [1.82, 2.24) is 15.5 Å². The number of hydrogen-bond acceptors (Lipinski definition) is 4. The van der Waals surface area contributed by atoms with Crippen LogP contribution in [-0.2, 0) is 22.6 Å². The summed E-state index contributed by atoms with van der Waals surface area (Å²) in [5, 5.41) is 8.34. The lowest BCUT2D eigenvalue weighted by molar-refractivity contribution is -0.120. The van der Waals surface area contributed by atoms with Crippen LogP contribution in [-0.4, -0.2) is 49.7 Å². The van der Waals surface area contributed by atoms with Gasteiger partial charge in [-0.15, -0.1) is 0 Å². The first kappa shape index (κ1) is 17.7. The molecule has 0 radical (unpaired) electrons. The van der Waals surface area contributed by atoms with Crippen molar-refractivity contribution in [3.05, 3.63) is 29.3 Å². The largest absolute Gasteiger partial charge is 0.385 e. The number of urea groups is 1. The zero-order valence-corrected chi connectivity index (χ0v) is 14.6. The van der Waals surface area contributed by atoms with Crippen LogP contribution in [0.3, 0.4) is 0 Å². The van der Waals surface area contributed by atoms with E-state index in [1.807, 2.05) is 12.1 Å². The molecule has 1 fully saturated rings. The number of fused-ring (bicyclic) bond motifs is 1. The molecule has 136 valence electrons. The van der Waals surface area contributed by atoms with Crippen LogP contribution in [0.25, 0.3) is 0 Å². The molecule has 1 aliphatic carbocycles. The third-order valence-corrected chi connectivity index (χ3v) is 4.47. The molecule has 3 amide bonds. The van der Waals surface area contributed by atoms with Crippen molar-refractivity contribution in [3.8, 4) is 0 Å². The van der Waals surface area contributed by atoms with Crippen LogP contribution in [0, 0.1) is 0 Å². The number of amides is 3. The minimum absolute atomic E-state index is 0.000496. The zero-order chi connectivity index (χ0) is 17.6. The van der Waals surface area contributed by atoms with Crippen molar-refractivity contribution in [2.75, 3.05) is 32.1 Å². The van der Waals surface area contributed by atoms with Gasteiger partial charge in [0.25, 0.3) is 0 Å². The Hall–Kier alpha value is -2.12. The van der Waals surface area contributed by atoms with E-state index in [1.54, 1.807) is 7.11 Å². The highest BCUT2D eigenvalue weighted by molar-refractivity contribution is 5.93. The highest BCUT2D eigenvalue weighted by atomic mass is 16.5. The quantitative estimate of drug-likeness (QED) is 0.622. The Labute approximate surface area is 148 Å². The highest BCUT2D eigenvalue weighted by Gasteiger charge is 2.24. The van der Waals surface area contributed by atoms with Crippen LogP contribution in [0.4, 0.5) is 10.5 Å². The summed E-state index contributed by atoms with van der Waals surface area (Å²) in [6, 6.07) is 5.91. The number of nitrogens with one attached hydrogen (secondary N) is 3. The molecule has 0 unspecified atom stereocenters. The number of benzene rings is 1. The predicted molar refractivity (Wildman–Crippen MR) is 95.2 cm³/mol. The topological polar surface area (TPSA) is 82.7 Å². The van der Waals surface area contributed by atoms with E-state index in [2.05, 4.69) is 26.9 Å². The average molecular weight is 346 g/mol. The second kappa shape index (κ2) is 8.31. The molecular formula is C18H26N4O3. The predicted octanol–water partition coefficient (Wildman–Crippen LogP) is 1.44. The van der Waals surface area contributed by atoms with E-state index < -0.39 is 0 Å². The maximum Gasteiger partial charge on any atom is 0.319 e. The van der Waals surface area contributed by atoms with Gasteiger partial charge in [-0.1, -0.05) is 12.1 Å². The number of carbonyl (C=O) groups is 2. The van der Waals surface area contributed by atoms with Crippen molar-refractivity contribution < 1.29 is 14.3 Å². The second-order valence-electron chi connectivity index (χ2n) is 6.65. The van der Waals surface area contributed by atoms with Crippen molar-refractivity contribution >= 4 is 17.6 Å². The van der Waals surface area contributed by atoms with Crippen LogP contribution in [0.5, 0.6) is 0 Å². The van der Waals surface area contributed by atoms with Gasteiger partial charge in [-0.2, -0.15) is 0 Å². The van der Waals surface area contributed by atoms with Crippen molar-refractivity contribution in [2.24, 2.45) is 0 Å². The summed E-state index contributed by atoms with van der Waals surface area (Å²) in [5.41, 5.74) is 3.20. The fourth-order valence-electron chi connectivity index (χ4n) is 3.03. The summed E-state index contributed by atoms with van der Waals surface area (Å²) < 4.78 is 5.10. The molecule has 3 N–H and O–H groups in total. The second-order valence-corrected chi connectivity index (χ2v) is 6.65. The molecule has 2 aliphatic rings. The Morgan fingerprint density at radius 1 is 1.28 bits per heavy atom. The van der Waals surface area contributed by atoms with E-state index >= 15 is 0 Å². The number of hydrogen-bond donors (Lipinski definition) is 3. The van der Waals surface area contributed by atoms with E-state index in [0.29, 0.717) is 6.04 Å². The molecule has 7 nitrogen and oxygen atoms in total. The monoisotopic (exact) mass is 346 g/mol. The van der Waals surface area contributed by atoms with Gasteiger partial charge in [0.05, 0.1) is 6.54 Å². The smallest absolute Gasteiger partial charge is 0.319 e. The van der Waals surface area contributed by atoms with Gasteiger partial charge in [-0.25, -0.2) is 4.79 Å². The van der Waals surface area contributed by atoms with Gasteiger partial charge in [0.2, 0.25) is 5.91 Å². The summed E-state index contributed by atoms with van der Waals surface area (Å²) in [7, 11) is 1.71. The molecule has 1 heterocycles. The molecular weight excluding hydrogens is 320 g/mol. The Balaban J connectivity index is 1.49. The van der Waals surface area contributed by atoms with Gasteiger partial charge < -0.3 is 20.7 Å². The van der Waals surface area contributed by atoms with E-state index in [0.717, 1.165) is 56.8 Å². The molecule has 0 spiro atoms. The third kappa shape index (κ3) is 5.17. The van der Waals surface area contributed by atoms with Crippen LogP contribution in [0.15, 0.2) is 18.2 Å². The maximum atomic E-state index is 12.1. The van der Waals surface area contributed by atoms with Crippen LogP contribution < -0.4 is 16.0 Å². The van der Waals surface area contributed by atoms with Crippen molar-refractivity contribution in [3.63, 3.8) is 0 Å². The molecule has 7 heteroatoms. The number of methoxy groups -OCH3 is 1. The molecule has 0 aromatic heterocycles. The van der Waals surface area contributed by atoms with E-state index in [4.69, 9.17) is 4.74 Å². The summed E-state index contributed by atoms with van der Waals surface area (Å²) in [6.45, 7) is 3.43. The Morgan fingerprint density at radius 3 is 2.88 bits per heavy atom. The standard InChI is InChI=1S/C18H26N4O3/c1-25-9-3-8-22-11-13-4-2-5-16(15(13)12-22)21-18(24)19-10-17(23)20-14-6-7-14/h2,4-5,14H,3,6-12H2,1H3,(H,20,23)(H2,19,21,24). The number of carbonyl (C=O) groups excluding carboxylic acids is 2. The lowest BCUT2D eigenvalue weighted by Crippen LogP contribution is -2.39. The lowest BCUT2D eigenvalue weighted by atomic mass is 10.1. The minimum atomic E-state index is -0.350. The zero-order valence-electron chi connectivity index (χ0n) is 14.6. The summed E-state index contributed by atoms with van der Waals surface area (Å²) in [4.78, 5) is 26.1.